The molecule has 1 heterocycles. The van der Waals surface area contributed by atoms with E-state index in [4.69, 9.17) is 9.47 Å². The number of ether oxygens (including phenoxy) is 2. The molecule has 1 aliphatic heterocycles. The van der Waals surface area contributed by atoms with E-state index in [1.54, 1.807) is 0 Å². The van der Waals surface area contributed by atoms with E-state index in [0.29, 0.717) is 0 Å². The number of amides is 1. The molecule has 30 heavy (non-hydrogen) atoms. The number of hydrogen-bond donors (Lipinski definition) is 1. The minimum Gasteiger partial charge on any atom is -0.487 e. The van der Waals surface area contributed by atoms with Gasteiger partial charge in [-0.15, -0.1) is 0 Å². The molecule has 4 heteroatoms. The molecule has 0 fully saturated rings. The highest BCUT2D eigenvalue weighted by Gasteiger charge is 2.39. The van der Waals surface area contributed by atoms with Crippen LogP contribution in [0.2, 0.25) is 0 Å². The van der Waals surface area contributed by atoms with Crippen LogP contribution in [-0.4, -0.2) is 17.6 Å². The van der Waals surface area contributed by atoms with Crippen LogP contribution in [-0.2, 0) is 17.6 Å². The highest BCUT2D eigenvalue weighted by atomic mass is 16.5. The molecule has 0 aromatic heterocycles. The van der Waals surface area contributed by atoms with E-state index in [1.807, 2.05) is 37.3 Å². The van der Waals surface area contributed by atoms with Gasteiger partial charge in [0.05, 0.1) is 6.04 Å². The van der Waals surface area contributed by atoms with Gasteiger partial charge in [0, 0.05) is 12.0 Å². The van der Waals surface area contributed by atoms with E-state index in [0.717, 1.165) is 49.2 Å². The second-order valence-corrected chi connectivity index (χ2v) is 8.69. The molecule has 2 atom stereocenters. The number of carbonyl (C=O) groups excluding carboxylic acids is 1. The molecule has 1 N–H and O–H groups in total. The van der Waals surface area contributed by atoms with E-state index in [-0.39, 0.29) is 17.6 Å². The third-order valence-corrected chi connectivity index (χ3v) is 6.80. The molecule has 1 aliphatic carbocycles. The lowest BCUT2D eigenvalue weighted by Crippen LogP contribution is -2.46. The molecule has 2 unspecified atom stereocenters. The van der Waals surface area contributed by atoms with Crippen molar-refractivity contribution < 1.29 is 14.3 Å². The number of rotatable bonds is 6. The van der Waals surface area contributed by atoms with Gasteiger partial charge < -0.3 is 14.8 Å². The minimum absolute atomic E-state index is 0.0723. The van der Waals surface area contributed by atoms with Crippen molar-refractivity contribution in [2.75, 3.05) is 0 Å². The molecule has 4 rings (SSSR count). The minimum atomic E-state index is -0.556. The Morgan fingerprint density at radius 2 is 1.87 bits per heavy atom. The number of aryl methyl sites for hydroxylation is 2. The normalized spacial score (nSPS) is 20.3. The van der Waals surface area contributed by atoms with Crippen molar-refractivity contribution in [3.05, 3.63) is 59.2 Å². The number of fused-ring (bicyclic) bond motifs is 2. The standard InChI is InChI=1S/C26H33NO3/c1-4-26(5-2)17-23(22-12-8-9-13-24(22)30-26)27-25(28)18(3)29-21-15-14-19-10-6-7-11-20(19)16-21/h8-9,12-16,18,23H,4-7,10-11,17H2,1-3H3,(H,27,28). The molecule has 2 aromatic carbocycles. The monoisotopic (exact) mass is 407 g/mol. The van der Waals surface area contributed by atoms with Gasteiger partial charge in [0.25, 0.3) is 5.91 Å². The molecule has 0 bridgehead atoms. The van der Waals surface area contributed by atoms with Crippen LogP contribution in [0.1, 0.15) is 75.6 Å². The highest BCUT2D eigenvalue weighted by molar-refractivity contribution is 5.81. The van der Waals surface area contributed by atoms with Gasteiger partial charge in [-0.05, 0) is 74.8 Å². The highest BCUT2D eigenvalue weighted by Crippen LogP contribution is 2.42. The summed E-state index contributed by atoms with van der Waals surface area (Å²) in [7, 11) is 0. The summed E-state index contributed by atoms with van der Waals surface area (Å²) in [5.41, 5.74) is 3.58. The summed E-state index contributed by atoms with van der Waals surface area (Å²) in [6, 6.07) is 14.2. The molecular formula is C26H33NO3. The fourth-order valence-corrected chi connectivity index (χ4v) is 4.76. The Hall–Kier alpha value is -2.49. The van der Waals surface area contributed by atoms with Gasteiger partial charge in [0.2, 0.25) is 0 Å². The quantitative estimate of drug-likeness (QED) is 0.685. The fraction of sp³-hybridized carbons (Fsp3) is 0.500. The van der Waals surface area contributed by atoms with Gasteiger partial charge in [-0.2, -0.15) is 0 Å². The van der Waals surface area contributed by atoms with Crippen molar-refractivity contribution in [1.82, 2.24) is 5.32 Å². The lowest BCUT2D eigenvalue weighted by Gasteiger charge is -2.41. The molecule has 4 nitrogen and oxygen atoms in total. The van der Waals surface area contributed by atoms with Gasteiger partial charge >= 0.3 is 0 Å². The third kappa shape index (κ3) is 4.19. The maximum Gasteiger partial charge on any atom is 0.261 e. The summed E-state index contributed by atoms with van der Waals surface area (Å²) < 4.78 is 12.4. The van der Waals surface area contributed by atoms with Gasteiger partial charge in [-0.1, -0.05) is 38.1 Å². The second-order valence-electron chi connectivity index (χ2n) is 8.69. The maximum absolute atomic E-state index is 13.0. The molecular weight excluding hydrogens is 374 g/mol. The Bertz CT molecular complexity index is 903. The van der Waals surface area contributed by atoms with Gasteiger partial charge in [0.15, 0.2) is 6.10 Å². The SMILES string of the molecule is CCC1(CC)CC(NC(=O)C(C)Oc2ccc3c(c2)CCCC3)c2ccccc2O1. The van der Waals surface area contributed by atoms with Crippen LogP contribution in [0.3, 0.4) is 0 Å². The topological polar surface area (TPSA) is 47.6 Å². The van der Waals surface area contributed by atoms with E-state index in [1.165, 1.54) is 24.0 Å². The van der Waals surface area contributed by atoms with Crippen molar-refractivity contribution in [3.63, 3.8) is 0 Å². The van der Waals surface area contributed by atoms with Crippen molar-refractivity contribution in [1.29, 1.82) is 0 Å². The average molecular weight is 408 g/mol. The lowest BCUT2D eigenvalue weighted by atomic mass is 9.83. The van der Waals surface area contributed by atoms with Crippen LogP contribution in [0.5, 0.6) is 11.5 Å². The zero-order valence-electron chi connectivity index (χ0n) is 18.4. The first-order valence-electron chi connectivity index (χ1n) is 11.4. The van der Waals surface area contributed by atoms with Gasteiger partial charge in [-0.25, -0.2) is 0 Å². The number of para-hydroxylation sites is 1. The molecule has 0 saturated heterocycles. The van der Waals surface area contributed by atoms with Crippen LogP contribution >= 0.6 is 0 Å². The predicted octanol–water partition coefficient (Wildman–Crippen LogP) is 5.53. The summed E-state index contributed by atoms with van der Waals surface area (Å²) in [5, 5.41) is 3.24. The Kier molecular flexibility index (Phi) is 6.03. The molecule has 160 valence electrons. The average Bonchev–Trinajstić information content (AvgIpc) is 2.78. The van der Waals surface area contributed by atoms with E-state index < -0.39 is 6.10 Å². The largest absolute Gasteiger partial charge is 0.487 e. The summed E-state index contributed by atoms with van der Waals surface area (Å²) in [6.45, 7) is 6.13. The summed E-state index contributed by atoms with van der Waals surface area (Å²) in [4.78, 5) is 13.0. The predicted molar refractivity (Wildman–Crippen MR) is 119 cm³/mol. The van der Waals surface area contributed by atoms with Crippen molar-refractivity contribution in [2.24, 2.45) is 0 Å². The molecule has 0 radical (unpaired) electrons. The van der Waals surface area contributed by atoms with Crippen LogP contribution < -0.4 is 14.8 Å². The summed E-state index contributed by atoms with van der Waals surface area (Å²) >= 11 is 0. The fourth-order valence-electron chi connectivity index (χ4n) is 4.76. The molecule has 0 spiro atoms. The first-order valence-corrected chi connectivity index (χ1v) is 11.4. The molecule has 0 saturated carbocycles. The van der Waals surface area contributed by atoms with Crippen LogP contribution in [0, 0.1) is 0 Å². The Morgan fingerprint density at radius 1 is 1.13 bits per heavy atom. The van der Waals surface area contributed by atoms with Gasteiger partial charge in [0.1, 0.15) is 17.1 Å². The van der Waals surface area contributed by atoms with E-state index in [9.17, 15) is 4.79 Å². The maximum atomic E-state index is 13.0. The first-order chi connectivity index (χ1) is 14.5. The lowest BCUT2D eigenvalue weighted by molar-refractivity contribution is -0.128. The van der Waals surface area contributed by atoms with Crippen molar-refractivity contribution in [2.45, 2.75) is 83.5 Å². The molecule has 1 amide bonds. The Morgan fingerprint density at radius 3 is 2.63 bits per heavy atom. The third-order valence-electron chi connectivity index (χ3n) is 6.80. The number of hydrogen-bond acceptors (Lipinski definition) is 3. The molecule has 2 aliphatic rings. The zero-order valence-corrected chi connectivity index (χ0v) is 18.4. The number of nitrogens with one attached hydrogen (secondary N) is 1. The van der Waals surface area contributed by atoms with E-state index in [2.05, 4.69) is 31.3 Å². The Balaban J connectivity index is 1.47. The van der Waals surface area contributed by atoms with Crippen molar-refractivity contribution >= 4 is 5.91 Å². The summed E-state index contributed by atoms with van der Waals surface area (Å²) in [6.07, 6.45) is 6.76. The first kappa shape index (κ1) is 20.8. The van der Waals surface area contributed by atoms with Crippen molar-refractivity contribution in [3.8, 4) is 11.5 Å². The zero-order chi connectivity index (χ0) is 21.1. The smallest absolute Gasteiger partial charge is 0.261 e. The van der Waals surface area contributed by atoms with Gasteiger partial charge in [-0.3, -0.25) is 4.79 Å². The second kappa shape index (κ2) is 8.71. The number of carbonyl (C=O) groups is 1. The summed E-state index contributed by atoms with van der Waals surface area (Å²) in [5.74, 6) is 1.57. The Labute approximate surface area is 180 Å². The van der Waals surface area contributed by atoms with Crippen LogP contribution in [0.25, 0.3) is 0 Å². The van der Waals surface area contributed by atoms with E-state index >= 15 is 0 Å². The molecule has 2 aromatic rings. The van der Waals surface area contributed by atoms with Crippen LogP contribution in [0.15, 0.2) is 42.5 Å². The van der Waals surface area contributed by atoms with Crippen LogP contribution in [0.4, 0.5) is 0 Å². The number of benzene rings is 2.